The number of rotatable bonds is 5. The molecule has 0 bridgehead atoms. The Labute approximate surface area is 156 Å². The summed E-state index contributed by atoms with van der Waals surface area (Å²) in [7, 11) is 0. The number of nitrogen functional groups attached to an aromatic ring is 1. The molecule has 1 saturated carbocycles. The molecule has 1 heterocycles. The van der Waals surface area contributed by atoms with Crippen LogP contribution in [0.5, 0.6) is 0 Å². The summed E-state index contributed by atoms with van der Waals surface area (Å²) in [6.07, 6.45) is 4.68. The quantitative estimate of drug-likeness (QED) is 0.615. The fourth-order valence-corrected chi connectivity index (χ4v) is 3.87. The Morgan fingerprint density at radius 1 is 1.32 bits per heavy atom. The minimum absolute atomic E-state index is 0.0137. The molecule has 8 heteroatoms. The molecule has 2 unspecified atom stereocenters. The van der Waals surface area contributed by atoms with Gasteiger partial charge in [0.25, 0.3) is 0 Å². The monoisotopic (exact) mass is 379 g/mol. The zero-order valence-electron chi connectivity index (χ0n) is 14.1. The molecule has 1 amide bonds. The maximum Gasteiger partial charge on any atom is 0.230 e. The first-order valence-corrected chi connectivity index (χ1v) is 9.79. The summed E-state index contributed by atoms with van der Waals surface area (Å²) in [4.78, 5) is 12.2. The number of hydrogen-bond donors (Lipinski definition) is 2. The van der Waals surface area contributed by atoms with Crippen molar-refractivity contribution < 1.29 is 4.79 Å². The lowest BCUT2D eigenvalue weighted by atomic mass is 9.86. The maximum atomic E-state index is 12.2. The Kier molecular flexibility index (Phi) is 5.86. The molecule has 3 N–H and O–H groups in total. The van der Waals surface area contributed by atoms with E-state index in [4.69, 9.17) is 17.4 Å². The van der Waals surface area contributed by atoms with Gasteiger partial charge in [-0.1, -0.05) is 43.1 Å². The van der Waals surface area contributed by atoms with Crippen LogP contribution >= 0.6 is 23.4 Å². The molecule has 0 radical (unpaired) electrons. The normalized spacial score (nSPS) is 20.4. The van der Waals surface area contributed by atoms with E-state index >= 15 is 0 Å². The molecule has 6 nitrogen and oxygen atoms in total. The number of nitrogens with one attached hydrogen (secondary N) is 1. The van der Waals surface area contributed by atoms with E-state index in [1.54, 1.807) is 12.1 Å². The number of carbonyl (C=O) groups excluding carboxylic acids is 1. The highest BCUT2D eigenvalue weighted by Gasteiger charge is 2.23. The van der Waals surface area contributed by atoms with Gasteiger partial charge in [-0.25, -0.2) is 4.68 Å². The Morgan fingerprint density at radius 2 is 2.04 bits per heavy atom. The summed E-state index contributed by atoms with van der Waals surface area (Å²) < 4.78 is 1.41. The average molecular weight is 380 g/mol. The highest BCUT2D eigenvalue weighted by molar-refractivity contribution is 7.99. The van der Waals surface area contributed by atoms with Gasteiger partial charge in [-0.15, -0.1) is 10.2 Å². The molecular formula is C17H22ClN5OS. The predicted molar refractivity (Wildman–Crippen MR) is 101 cm³/mol. The summed E-state index contributed by atoms with van der Waals surface area (Å²) in [5.41, 5.74) is 0.826. The molecule has 1 aromatic heterocycles. The summed E-state index contributed by atoms with van der Waals surface area (Å²) in [5, 5.41) is 12.5. The van der Waals surface area contributed by atoms with E-state index < -0.39 is 0 Å². The third-order valence-corrected chi connectivity index (χ3v) is 5.75. The van der Waals surface area contributed by atoms with Crippen molar-refractivity contribution in [3.05, 3.63) is 29.3 Å². The van der Waals surface area contributed by atoms with Crippen LogP contribution in [0.3, 0.4) is 0 Å². The number of nitrogens with two attached hydrogens (primary N) is 1. The molecule has 25 heavy (non-hydrogen) atoms. The van der Waals surface area contributed by atoms with Gasteiger partial charge >= 0.3 is 0 Å². The van der Waals surface area contributed by atoms with Crippen molar-refractivity contribution in [3.8, 4) is 11.4 Å². The Balaban J connectivity index is 1.58. The van der Waals surface area contributed by atoms with Crippen molar-refractivity contribution in [1.82, 2.24) is 20.2 Å². The SMILES string of the molecule is CC1CCCCC1NC(=O)CSc1nnc(-c2ccc(Cl)cc2)n1N. The molecule has 1 aliphatic carbocycles. The maximum absolute atomic E-state index is 12.2. The molecule has 2 atom stereocenters. The van der Waals surface area contributed by atoms with E-state index in [2.05, 4.69) is 22.4 Å². The fourth-order valence-electron chi connectivity index (χ4n) is 3.08. The van der Waals surface area contributed by atoms with Crippen LogP contribution < -0.4 is 11.2 Å². The van der Waals surface area contributed by atoms with Gasteiger partial charge in [0.05, 0.1) is 5.75 Å². The number of carbonyl (C=O) groups is 1. The van der Waals surface area contributed by atoms with E-state index in [0.29, 0.717) is 21.9 Å². The van der Waals surface area contributed by atoms with Crippen molar-refractivity contribution in [2.24, 2.45) is 5.92 Å². The second-order valence-electron chi connectivity index (χ2n) is 6.41. The van der Waals surface area contributed by atoms with Gasteiger partial charge in [0.2, 0.25) is 11.1 Å². The van der Waals surface area contributed by atoms with E-state index in [-0.39, 0.29) is 17.7 Å². The van der Waals surface area contributed by atoms with Gasteiger partial charge in [0.15, 0.2) is 5.82 Å². The predicted octanol–water partition coefficient (Wildman–Crippen LogP) is 3.10. The van der Waals surface area contributed by atoms with Crippen LogP contribution in [-0.2, 0) is 4.79 Å². The lowest BCUT2D eigenvalue weighted by Crippen LogP contribution is -2.41. The number of nitrogens with zero attached hydrogens (tertiary/aromatic N) is 3. The number of halogens is 1. The molecule has 0 saturated heterocycles. The van der Waals surface area contributed by atoms with Gasteiger partial charge in [-0.3, -0.25) is 4.79 Å². The van der Waals surface area contributed by atoms with Crippen LogP contribution in [0.2, 0.25) is 5.02 Å². The van der Waals surface area contributed by atoms with Crippen molar-refractivity contribution in [1.29, 1.82) is 0 Å². The van der Waals surface area contributed by atoms with Crippen molar-refractivity contribution in [2.75, 3.05) is 11.6 Å². The third kappa shape index (κ3) is 4.46. The van der Waals surface area contributed by atoms with E-state index in [0.717, 1.165) is 12.0 Å². The molecule has 0 aliphatic heterocycles. The van der Waals surface area contributed by atoms with Crippen LogP contribution in [0, 0.1) is 5.92 Å². The Hall–Kier alpha value is -1.73. The smallest absolute Gasteiger partial charge is 0.230 e. The fraction of sp³-hybridized carbons (Fsp3) is 0.471. The van der Waals surface area contributed by atoms with Crippen LogP contribution in [0.25, 0.3) is 11.4 Å². The lowest BCUT2D eigenvalue weighted by Gasteiger charge is -2.29. The van der Waals surface area contributed by atoms with E-state index in [9.17, 15) is 4.79 Å². The number of thioether (sulfide) groups is 1. The minimum Gasteiger partial charge on any atom is -0.352 e. The molecule has 0 spiro atoms. The first-order valence-electron chi connectivity index (χ1n) is 8.43. The lowest BCUT2D eigenvalue weighted by molar-refractivity contribution is -0.119. The number of aromatic nitrogens is 3. The van der Waals surface area contributed by atoms with Crippen LogP contribution in [0.1, 0.15) is 32.6 Å². The molecule has 1 aromatic carbocycles. The highest BCUT2D eigenvalue weighted by atomic mass is 35.5. The van der Waals surface area contributed by atoms with Crippen molar-refractivity contribution in [2.45, 2.75) is 43.8 Å². The largest absolute Gasteiger partial charge is 0.352 e. The molecule has 1 aliphatic rings. The number of hydrogen-bond acceptors (Lipinski definition) is 5. The molecule has 1 fully saturated rings. The Morgan fingerprint density at radius 3 is 2.76 bits per heavy atom. The van der Waals surface area contributed by atoms with Gasteiger partial charge in [-0.05, 0) is 43.0 Å². The zero-order valence-corrected chi connectivity index (χ0v) is 15.7. The summed E-state index contributed by atoms with van der Waals surface area (Å²) in [6, 6.07) is 7.50. The summed E-state index contributed by atoms with van der Waals surface area (Å²) in [5.74, 6) is 7.44. The molecule has 134 valence electrons. The first-order chi connectivity index (χ1) is 12.0. The van der Waals surface area contributed by atoms with Crippen LogP contribution in [-0.4, -0.2) is 32.6 Å². The standard InChI is InChI=1S/C17H22ClN5OS/c1-11-4-2-3-5-14(11)20-15(24)10-25-17-22-21-16(23(17)19)12-6-8-13(18)9-7-12/h6-9,11,14H,2-5,10,19H2,1H3,(H,20,24). The topological polar surface area (TPSA) is 85.8 Å². The van der Waals surface area contributed by atoms with Gasteiger partial charge in [0.1, 0.15) is 0 Å². The zero-order chi connectivity index (χ0) is 17.8. The third-order valence-electron chi connectivity index (χ3n) is 4.56. The number of benzene rings is 1. The molecular weight excluding hydrogens is 358 g/mol. The second-order valence-corrected chi connectivity index (χ2v) is 7.79. The van der Waals surface area contributed by atoms with Gasteiger partial charge in [0, 0.05) is 16.6 Å². The van der Waals surface area contributed by atoms with Gasteiger partial charge < -0.3 is 11.2 Å². The summed E-state index contributed by atoms with van der Waals surface area (Å²) >= 11 is 7.19. The average Bonchev–Trinajstić information content (AvgIpc) is 2.97. The second kappa shape index (κ2) is 8.10. The van der Waals surface area contributed by atoms with E-state index in [1.807, 2.05) is 12.1 Å². The van der Waals surface area contributed by atoms with E-state index in [1.165, 1.54) is 35.7 Å². The first kappa shape index (κ1) is 18.1. The van der Waals surface area contributed by atoms with Crippen LogP contribution in [0.15, 0.2) is 29.4 Å². The molecule has 3 rings (SSSR count). The van der Waals surface area contributed by atoms with Crippen molar-refractivity contribution >= 4 is 29.3 Å². The number of amides is 1. The molecule has 2 aromatic rings. The van der Waals surface area contributed by atoms with Gasteiger partial charge in [-0.2, -0.15) is 0 Å². The summed E-state index contributed by atoms with van der Waals surface area (Å²) in [6.45, 7) is 2.20. The Bertz CT molecular complexity index is 733. The van der Waals surface area contributed by atoms with Crippen molar-refractivity contribution in [3.63, 3.8) is 0 Å². The minimum atomic E-state index is 0.0137. The highest BCUT2D eigenvalue weighted by Crippen LogP contribution is 2.25. The van der Waals surface area contributed by atoms with Crippen LogP contribution in [0.4, 0.5) is 0 Å².